The predicted octanol–water partition coefficient (Wildman–Crippen LogP) is 5.44. The highest BCUT2D eigenvalue weighted by Gasteiger charge is 2.08. The van der Waals surface area contributed by atoms with E-state index in [4.69, 9.17) is 4.74 Å². The summed E-state index contributed by atoms with van der Waals surface area (Å²) in [5.41, 5.74) is 5.05. The first kappa shape index (κ1) is 20.5. The molecule has 0 spiro atoms. The number of hydrogen-bond acceptors (Lipinski definition) is 6. The molecule has 0 fully saturated rings. The van der Waals surface area contributed by atoms with Crippen LogP contribution in [0.3, 0.4) is 0 Å². The van der Waals surface area contributed by atoms with Gasteiger partial charge in [0.15, 0.2) is 0 Å². The third-order valence-corrected chi connectivity index (χ3v) is 4.72. The minimum Gasteiger partial charge on any atom is -0.495 e. The van der Waals surface area contributed by atoms with E-state index >= 15 is 0 Å². The fourth-order valence-electron chi connectivity index (χ4n) is 3.22. The van der Waals surface area contributed by atoms with Gasteiger partial charge in [-0.1, -0.05) is 6.07 Å². The van der Waals surface area contributed by atoms with Gasteiger partial charge in [-0.15, -0.1) is 0 Å². The van der Waals surface area contributed by atoms with Crippen LogP contribution in [-0.4, -0.2) is 30.2 Å². The number of methoxy groups -OCH3 is 1. The molecular weight excluding hydrogens is 362 g/mol. The van der Waals surface area contributed by atoms with Crippen molar-refractivity contribution in [3.63, 3.8) is 0 Å². The van der Waals surface area contributed by atoms with Crippen molar-refractivity contribution in [1.29, 1.82) is 0 Å². The average molecular weight is 392 g/mol. The van der Waals surface area contributed by atoms with Crippen LogP contribution >= 0.6 is 0 Å². The lowest BCUT2D eigenvalue weighted by atomic mass is 10.2. The van der Waals surface area contributed by atoms with Crippen molar-refractivity contribution < 1.29 is 4.74 Å². The summed E-state index contributed by atoms with van der Waals surface area (Å²) < 4.78 is 5.45. The first-order valence-corrected chi connectivity index (χ1v) is 9.91. The Kier molecular flexibility index (Phi) is 6.54. The van der Waals surface area contributed by atoms with E-state index in [1.807, 2.05) is 38.1 Å². The lowest BCUT2D eigenvalue weighted by molar-refractivity contribution is 0.416. The normalized spacial score (nSPS) is 10.5. The second kappa shape index (κ2) is 9.28. The Morgan fingerprint density at radius 1 is 0.897 bits per heavy atom. The van der Waals surface area contributed by atoms with Crippen LogP contribution in [0.15, 0.2) is 48.5 Å². The van der Waals surface area contributed by atoms with Gasteiger partial charge in [0, 0.05) is 36.2 Å². The van der Waals surface area contributed by atoms with Crippen molar-refractivity contribution in [2.75, 3.05) is 35.7 Å². The molecule has 2 aromatic carbocycles. The molecular formula is C23H29N5O. The van der Waals surface area contributed by atoms with Crippen molar-refractivity contribution in [3.05, 3.63) is 59.8 Å². The monoisotopic (exact) mass is 391 g/mol. The van der Waals surface area contributed by atoms with Crippen molar-refractivity contribution >= 4 is 28.8 Å². The third-order valence-electron chi connectivity index (χ3n) is 4.72. The van der Waals surface area contributed by atoms with E-state index in [-0.39, 0.29) is 0 Å². The fourth-order valence-corrected chi connectivity index (χ4v) is 3.22. The Morgan fingerprint density at radius 2 is 1.62 bits per heavy atom. The molecule has 152 valence electrons. The molecule has 6 nitrogen and oxygen atoms in total. The second-order valence-corrected chi connectivity index (χ2v) is 6.89. The maximum atomic E-state index is 5.45. The predicted molar refractivity (Wildman–Crippen MR) is 121 cm³/mol. The maximum Gasteiger partial charge on any atom is 0.229 e. The van der Waals surface area contributed by atoms with Gasteiger partial charge in [-0.05, 0) is 69.7 Å². The maximum absolute atomic E-state index is 5.45. The van der Waals surface area contributed by atoms with Crippen molar-refractivity contribution in [1.82, 2.24) is 9.97 Å². The van der Waals surface area contributed by atoms with Gasteiger partial charge < -0.3 is 20.3 Å². The molecule has 0 aliphatic heterocycles. The number of anilines is 5. The van der Waals surface area contributed by atoms with E-state index in [0.29, 0.717) is 11.8 Å². The molecule has 29 heavy (non-hydrogen) atoms. The molecule has 2 N–H and O–H groups in total. The summed E-state index contributed by atoms with van der Waals surface area (Å²) in [4.78, 5) is 11.4. The molecule has 0 amide bonds. The van der Waals surface area contributed by atoms with Gasteiger partial charge in [0.2, 0.25) is 5.95 Å². The minimum atomic E-state index is 0.551. The van der Waals surface area contributed by atoms with Crippen LogP contribution in [0, 0.1) is 13.8 Å². The molecule has 3 aromatic rings. The summed E-state index contributed by atoms with van der Waals surface area (Å²) in [6.07, 6.45) is 0. The zero-order chi connectivity index (χ0) is 20.8. The molecule has 0 bridgehead atoms. The van der Waals surface area contributed by atoms with Crippen molar-refractivity contribution in [3.8, 4) is 5.75 Å². The molecule has 0 saturated carbocycles. The summed E-state index contributed by atoms with van der Waals surface area (Å²) in [6.45, 7) is 10.3. The minimum absolute atomic E-state index is 0.551. The van der Waals surface area contributed by atoms with E-state index in [1.165, 1.54) is 5.69 Å². The fraction of sp³-hybridized carbons (Fsp3) is 0.304. The molecule has 1 aromatic heterocycles. The van der Waals surface area contributed by atoms with E-state index in [2.05, 4.69) is 63.6 Å². The van der Waals surface area contributed by atoms with Crippen LogP contribution in [0.4, 0.5) is 28.8 Å². The number of ether oxygens (including phenoxy) is 1. The summed E-state index contributed by atoms with van der Waals surface area (Å²) in [7, 11) is 1.66. The summed E-state index contributed by atoms with van der Waals surface area (Å²) in [5, 5.41) is 6.65. The van der Waals surface area contributed by atoms with Crippen LogP contribution < -0.4 is 20.3 Å². The SMILES string of the molecule is CCN(CC)c1ccc(Nc2nc(C)cc(Nc3cc(C)ccc3OC)n2)cc1. The Bertz CT molecular complexity index is 952. The Morgan fingerprint density at radius 3 is 2.28 bits per heavy atom. The molecule has 0 unspecified atom stereocenters. The number of hydrogen-bond donors (Lipinski definition) is 2. The van der Waals surface area contributed by atoms with Gasteiger partial charge >= 0.3 is 0 Å². The molecule has 1 heterocycles. The first-order valence-electron chi connectivity index (χ1n) is 9.91. The molecule has 6 heteroatoms. The molecule has 0 atom stereocenters. The standard InChI is InChI=1S/C23H29N5O/c1-6-28(7-2)19-11-9-18(10-12-19)25-23-24-17(4)15-22(27-23)26-20-14-16(3)8-13-21(20)29-5/h8-15H,6-7H2,1-5H3,(H2,24,25,26,27). The van der Waals surface area contributed by atoms with Gasteiger partial charge in [-0.3, -0.25) is 0 Å². The Labute approximate surface area is 173 Å². The highest BCUT2D eigenvalue weighted by atomic mass is 16.5. The van der Waals surface area contributed by atoms with Gasteiger partial charge in [-0.25, -0.2) is 4.98 Å². The van der Waals surface area contributed by atoms with Crippen LogP contribution in [0.5, 0.6) is 5.75 Å². The Balaban J connectivity index is 1.80. The lowest BCUT2D eigenvalue weighted by Gasteiger charge is -2.21. The molecule has 3 rings (SSSR count). The van der Waals surface area contributed by atoms with E-state index in [1.54, 1.807) is 7.11 Å². The summed E-state index contributed by atoms with van der Waals surface area (Å²) in [5.74, 6) is 2.03. The van der Waals surface area contributed by atoms with Crippen LogP contribution in [-0.2, 0) is 0 Å². The number of aromatic nitrogens is 2. The zero-order valence-corrected chi connectivity index (χ0v) is 17.8. The number of nitrogens with one attached hydrogen (secondary N) is 2. The highest BCUT2D eigenvalue weighted by Crippen LogP contribution is 2.29. The highest BCUT2D eigenvalue weighted by molar-refractivity contribution is 5.67. The smallest absolute Gasteiger partial charge is 0.229 e. The van der Waals surface area contributed by atoms with Gasteiger partial charge in [0.05, 0.1) is 12.8 Å². The van der Waals surface area contributed by atoms with Gasteiger partial charge in [-0.2, -0.15) is 4.98 Å². The number of benzene rings is 2. The largest absolute Gasteiger partial charge is 0.495 e. The second-order valence-electron chi connectivity index (χ2n) is 6.89. The summed E-state index contributed by atoms with van der Waals surface area (Å²) in [6, 6.07) is 16.2. The topological polar surface area (TPSA) is 62.3 Å². The number of rotatable bonds is 8. The van der Waals surface area contributed by atoms with Crippen LogP contribution in [0.2, 0.25) is 0 Å². The van der Waals surface area contributed by atoms with E-state index in [9.17, 15) is 0 Å². The van der Waals surface area contributed by atoms with Crippen molar-refractivity contribution in [2.45, 2.75) is 27.7 Å². The summed E-state index contributed by atoms with van der Waals surface area (Å²) >= 11 is 0. The van der Waals surface area contributed by atoms with E-state index in [0.717, 1.165) is 41.5 Å². The zero-order valence-electron chi connectivity index (χ0n) is 17.8. The Hall–Kier alpha value is -3.28. The third kappa shape index (κ3) is 5.16. The molecule has 0 aliphatic rings. The van der Waals surface area contributed by atoms with E-state index < -0.39 is 0 Å². The molecule has 0 radical (unpaired) electrons. The first-order chi connectivity index (χ1) is 14.0. The van der Waals surface area contributed by atoms with Crippen LogP contribution in [0.25, 0.3) is 0 Å². The molecule has 0 aliphatic carbocycles. The van der Waals surface area contributed by atoms with Gasteiger partial charge in [0.25, 0.3) is 0 Å². The average Bonchev–Trinajstić information content (AvgIpc) is 2.70. The van der Waals surface area contributed by atoms with Crippen molar-refractivity contribution in [2.24, 2.45) is 0 Å². The van der Waals surface area contributed by atoms with Gasteiger partial charge in [0.1, 0.15) is 11.6 Å². The lowest BCUT2D eigenvalue weighted by Crippen LogP contribution is -2.21. The number of nitrogens with zero attached hydrogens (tertiary/aromatic N) is 3. The van der Waals surface area contributed by atoms with Crippen LogP contribution in [0.1, 0.15) is 25.1 Å². The molecule has 0 saturated heterocycles. The quantitative estimate of drug-likeness (QED) is 0.533. The number of aryl methyl sites for hydroxylation is 2.